The molecule has 0 radical (unpaired) electrons. The van der Waals surface area contributed by atoms with Crippen LogP contribution in [0.2, 0.25) is 0 Å². The number of nitrogens with zero attached hydrogens (tertiary/aromatic N) is 2. The molecule has 0 bridgehead atoms. The van der Waals surface area contributed by atoms with Gasteiger partial charge in [-0.25, -0.2) is 0 Å². The van der Waals surface area contributed by atoms with E-state index in [-0.39, 0.29) is 11.8 Å². The summed E-state index contributed by atoms with van der Waals surface area (Å²) in [6.45, 7) is 15.6. The van der Waals surface area contributed by atoms with Crippen LogP contribution in [0.4, 0.5) is 11.4 Å². The molecule has 168 valence electrons. The number of carbonyl (C=O) groups is 2. The minimum Gasteiger partial charge on any atom is -0.456 e. The number of hydrogen-bond donors (Lipinski definition) is 0. The second-order valence-corrected chi connectivity index (χ2v) is 9.84. The number of aryl methyl sites for hydroxylation is 6. The van der Waals surface area contributed by atoms with Gasteiger partial charge in [-0.05, 0) is 83.7 Å². The molecule has 2 aliphatic heterocycles. The Morgan fingerprint density at radius 1 is 0.719 bits per heavy atom. The number of hydrogen-bond acceptors (Lipinski definition) is 3. The van der Waals surface area contributed by atoms with Gasteiger partial charge >= 0.3 is 0 Å². The lowest BCUT2D eigenvalue weighted by Crippen LogP contribution is -2.74. The van der Waals surface area contributed by atoms with Gasteiger partial charge in [-0.15, -0.1) is 0 Å². The molecular weight excluding hydrogens is 400 g/mol. The number of anilines is 2. The molecule has 0 N–H and O–H groups in total. The lowest BCUT2D eigenvalue weighted by Gasteiger charge is -2.55. The van der Waals surface area contributed by atoms with E-state index in [0.717, 1.165) is 44.8 Å². The maximum Gasteiger partial charge on any atom is 0.279 e. The summed E-state index contributed by atoms with van der Waals surface area (Å²) < 4.78 is 6.26. The van der Waals surface area contributed by atoms with Crippen molar-refractivity contribution in [3.63, 3.8) is 0 Å². The predicted molar refractivity (Wildman–Crippen MR) is 128 cm³/mol. The van der Waals surface area contributed by atoms with Gasteiger partial charge in [0.05, 0.1) is 24.1 Å². The molecule has 1 saturated heterocycles. The van der Waals surface area contributed by atoms with Gasteiger partial charge in [0.15, 0.2) is 0 Å². The Bertz CT molecular complexity index is 1040. The van der Waals surface area contributed by atoms with Crippen molar-refractivity contribution in [3.05, 3.63) is 70.0 Å². The number of rotatable bonds is 2. The normalized spacial score (nSPS) is 19.1. The lowest BCUT2D eigenvalue weighted by atomic mass is 9.83. The zero-order chi connectivity index (χ0) is 23.6. The van der Waals surface area contributed by atoms with Crippen molar-refractivity contribution in [3.8, 4) is 0 Å². The van der Waals surface area contributed by atoms with E-state index in [2.05, 4.69) is 24.3 Å². The first kappa shape index (κ1) is 22.1. The van der Waals surface area contributed by atoms with Crippen molar-refractivity contribution < 1.29 is 14.3 Å². The summed E-state index contributed by atoms with van der Waals surface area (Å²) in [6, 6.07) is 8.29. The molecule has 2 aromatic rings. The Labute approximate surface area is 190 Å². The van der Waals surface area contributed by atoms with Crippen LogP contribution in [-0.2, 0) is 14.3 Å². The van der Waals surface area contributed by atoms with Gasteiger partial charge in [-0.3, -0.25) is 19.4 Å². The fourth-order valence-corrected chi connectivity index (χ4v) is 5.37. The van der Waals surface area contributed by atoms with E-state index in [1.165, 1.54) is 0 Å². The molecule has 0 aromatic heterocycles. The zero-order valence-electron chi connectivity index (χ0n) is 20.3. The van der Waals surface area contributed by atoms with Crippen molar-refractivity contribution in [1.29, 1.82) is 0 Å². The second kappa shape index (κ2) is 7.22. The van der Waals surface area contributed by atoms with Gasteiger partial charge < -0.3 is 4.74 Å². The van der Waals surface area contributed by atoms with Crippen molar-refractivity contribution in [2.75, 3.05) is 9.80 Å². The van der Waals surface area contributed by atoms with Crippen LogP contribution in [0.15, 0.2) is 36.6 Å². The maximum absolute atomic E-state index is 14.0. The van der Waals surface area contributed by atoms with E-state index in [9.17, 15) is 9.59 Å². The fraction of sp³-hybridized carbons (Fsp3) is 0.407. The van der Waals surface area contributed by atoms with Gasteiger partial charge in [-0.2, -0.15) is 0 Å². The van der Waals surface area contributed by atoms with Crippen LogP contribution in [0.3, 0.4) is 0 Å². The van der Waals surface area contributed by atoms with E-state index in [1.54, 1.807) is 29.9 Å². The fourth-order valence-electron chi connectivity index (χ4n) is 5.37. The Kier molecular flexibility index (Phi) is 5.00. The third-order valence-corrected chi connectivity index (χ3v) is 6.63. The van der Waals surface area contributed by atoms with Gasteiger partial charge in [0.1, 0.15) is 5.41 Å². The molecular formula is C27H32N2O3. The van der Waals surface area contributed by atoms with Crippen molar-refractivity contribution in [2.24, 2.45) is 5.41 Å². The third kappa shape index (κ3) is 2.98. The Morgan fingerprint density at radius 2 is 1.09 bits per heavy atom. The van der Waals surface area contributed by atoms with Crippen LogP contribution in [-0.4, -0.2) is 17.7 Å². The van der Waals surface area contributed by atoms with Crippen LogP contribution in [0, 0.1) is 47.0 Å². The molecule has 4 rings (SSSR count). The van der Waals surface area contributed by atoms with Crippen LogP contribution in [0.1, 0.15) is 53.6 Å². The van der Waals surface area contributed by atoms with Gasteiger partial charge in [-0.1, -0.05) is 35.4 Å². The van der Waals surface area contributed by atoms with E-state index < -0.39 is 11.3 Å². The largest absolute Gasteiger partial charge is 0.456 e. The van der Waals surface area contributed by atoms with Crippen LogP contribution in [0.5, 0.6) is 0 Å². The smallest absolute Gasteiger partial charge is 0.279 e. The van der Waals surface area contributed by atoms with E-state index in [0.29, 0.717) is 6.42 Å². The minimum absolute atomic E-state index is 0.250. The number of benzene rings is 2. The van der Waals surface area contributed by atoms with Crippen molar-refractivity contribution in [2.45, 2.75) is 67.7 Å². The zero-order valence-corrected chi connectivity index (χ0v) is 20.3. The molecule has 2 aliphatic rings. The van der Waals surface area contributed by atoms with Crippen molar-refractivity contribution >= 4 is 23.2 Å². The van der Waals surface area contributed by atoms with Gasteiger partial charge in [0.25, 0.3) is 5.85 Å². The third-order valence-electron chi connectivity index (χ3n) is 6.63. The van der Waals surface area contributed by atoms with E-state index in [4.69, 9.17) is 4.74 Å². The molecule has 2 amide bonds. The highest BCUT2D eigenvalue weighted by atomic mass is 16.5. The predicted octanol–water partition coefficient (Wildman–Crippen LogP) is 5.53. The second-order valence-electron chi connectivity index (χ2n) is 9.84. The quantitative estimate of drug-likeness (QED) is 0.586. The monoisotopic (exact) mass is 432 g/mol. The Hall–Kier alpha value is -3.08. The molecule has 1 fully saturated rings. The first-order valence-corrected chi connectivity index (χ1v) is 11.1. The summed E-state index contributed by atoms with van der Waals surface area (Å²) in [5.74, 6) is -1.78. The average Bonchev–Trinajstić information content (AvgIpc) is 3.15. The molecule has 5 nitrogen and oxygen atoms in total. The summed E-state index contributed by atoms with van der Waals surface area (Å²) in [7, 11) is 0. The first-order valence-electron chi connectivity index (χ1n) is 11.1. The molecule has 0 saturated carbocycles. The topological polar surface area (TPSA) is 49.9 Å². The maximum atomic E-state index is 14.0. The average molecular weight is 433 g/mol. The highest BCUT2D eigenvalue weighted by Gasteiger charge is 2.63. The molecule has 0 unspecified atom stereocenters. The van der Waals surface area contributed by atoms with Gasteiger partial charge in [0.2, 0.25) is 11.8 Å². The molecule has 0 atom stereocenters. The van der Waals surface area contributed by atoms with Crippen LogP contribution >= 0.6 is 0 Å². The van der Waals surface area contributed by atoms with E-state index in [1.807, 2.05) is 47.6 Å². The summed E-state index contributed by atoms with van der Waals surface area (Å²) in [4.78, 5) is 31.4. The Morgan fingerprint density at radius 3 is 1.41 bits per heavy atom. The van der Waals surface area contributed by atoms with Gasteiger partial charge in [0, 0.05) is 0 Å². The van der Waals surface area contributed by atoms with E-state index >= 15 is 0 Å². The highest BCUT2D eigenvalue weighted by Crippen LogP contribution is 2.49. The SMILES string of the molecule is Cc1cc(C)c(N2C(=O)C(C)(C)C(=O)N(c3c(C)cc(C)cc3C)C23CC=CO3)c(C)c1. The molecule has 0 aliphatic carbocycles. The molecule has 2 aromatic carbocycles. The molecule has 1 spiro atoms. The first-order chi connectivity index (χ1) is 14.9. The van der Waals surface area contributed by atoms with Crippen LogP contribution in [0.25, 0.3) is 0 Å². The number of carbonyl (C=O) groups excluding carboxylic acids is 2. The lowest BCUT2D eigenvalue weighted by molar-refractivity contribution is -0.150. The standard InChI is InChI=1S/C27H32N2O3/c1-16-12-18(3)22(19(4)13-16)28-24(30)26(7,8)25(31)29(27(28)10-9-11-32-27)23-20(5)14-17(2)15-21(23)6/h9,11-15H,10H2,1-8H3. The highest BCUT2D eigenvalue weighted by molar-refractivity contribution is 6.21. The van der Waals surface area contributed by atoms with Crippen LogP contribution < -0.4 is 9.80 Å². The summed E-state index contributed by atoms with van der Waals surface area (Å²) in [5, 5.41) is 0. The summed E-state index contributed by atoms with van der Waals surface area (Å²) in [5.41, 5.74) is 6.54. The van der Waals surface area contributed by atoms with Crippen molar-refractivity contribution in [1.82, 2.24) is 0 Å². The number of amides is 2. The minimum atomic E-state index is -1.28. The molecule has 5 heteroatoms. The Balaban J connectivity index is 2.06. The summed E-state index contributed by atoms with van der Waals surface area (Å²) >= 11 is 0. The number of ether oxygens (including phenoxy) is 1. The summed E-state index contributed by atoms with van der Waals surface area (Å²) in [6.07, 6.45) is 3.88. The molecule has 2 heterocycles. The molecule has 32 heavy (non-hydrogen) atoms.